The number of carbonyl (C=O) groups excluding carboxylic acids is 1. The van der Waals surface area contributed by atoms with Crippen LogP contribution in [0.2, 0.25) is 0 Å². The number of hydrogen-bond donors (Lipinski definition) is 2. The van der Waals surface area contributed by atoms with Crippen LogP contribution in [0.3, 0.4) is 0 Å². The molecular weight excluding hydrogens is 343 g/mol. The van der Waals surface area contributed by atoms with E-state index < -0.39 is 17.8 Å². The number of urea groups is 1. The van der Waals surface area contributed by atoms with Crippen LogP contribution in [0.4, 0.5) is 29.5 Å². The zero-order valence-corrected chi connectivity index (χ0v) is 12.8. The average Bonchev–Trinajstić information content (AvgIpc) is 2.97. The van der Waals surface area contributed by atoms with Gasteiger partial charge in [0.15, 0.2) is 11.4 Å². The van der Waals surface area contributed by atoms with Gasteiger partial charge >= 0.3 is 12.2 Å². The zero-order chi connectivity index (χ0) is 17.3. The number of nitrogens with zero attached hydrogens (tertiary/aromatic N) is 2. The summed E-state index contributed by atoms with van der Waals surface area (Å²) in [7, 11) is 0. The van der Waals surface area contributed by atoms with Gasteiger partial charge < -0.3 is 9.84 Å². The van der Waals surface area contributed by atoms with E-state index in [4.69, 9.17) is 4.52 Å². The third kappa shape index (κ3) is 3.02. The van der Waals surface area contributed by atoms with Crippen LogP contribution in [0.5, 0.6) is 0 Å². The predicted molar refractivity (Wildman–Crippen MR) is 85.9 cm³/mol. The fraction of sp³-hybridized carbons (Fsp3) is 0.0667. The summed E-state index contributed by atoms with van der Waals surface area (Å²) in [5.41, 5.74) is -0.901. The number of anilines is 2. The smallest absolute Gasteiger partial charge is 0.354 e. The molecular formula is C15H10F3N3O2S. The number of halogens is 3. The van der Waals surface area contributed by atoms with Crippen molar-refractivity contribution in [3.8, 4) is 0 Å². The van der Waals surface area contributed by atoms with Crippen molar-refractivity contribution in [1.29, 1.82) is 0 Å². The first-order chi connectivity index (χ1) is 11.4. The number of fused-ring (bicyclic) bond motifs is 1. The van der Waals surface area contributed by atoms with Crippen LogP contribution in [0.1, 0.15) is 5.56 Å². The highest BCUT2D eigenvalue weighted by Crippen LogP contribution is 2.35. The number of benzene rings is 2. The zero-order valence-electron chi connectivity index (χ0n) is 11.9. The second kappa shape index (κ2) is 6.08. The van der Waals surface area contributed by atoms with Gasteiger partial charge in [-0.3, -0.25) is 0 Å². The average molecular weight is 353 g/mol. The third-order valence-corrected chi connectivity index (χ3v) is 3.60. The second-order valence-electron chi connectivity index (χ2n) is 4.79. The Labute approximate surface area is 139 Å². The monoisotopic (exact) mass is 353 g/mol. The molecule has 5 nitrogen and oxygen atoms in total. The molecule has 2 amide bonds. The van der Waals surface area contributed by atoms with Crippen LogP contribution in [-0.2, 0) is 6.18 Å². The normalized spacial score (nSPS) is 11.5. The van der Waals surface area contributed by atoms with Crippen molar-refractivity contribution in [2.24, 2.45) is 0 Å². The number of hydrogen-bond acceptors (Lipinski definition) is 4. The van der Waals surface area contributed by atoms with Gasteiger partial charge in [-0.05, 0) is 24.3 Å². The summed E-state index contributed by atoms with van der Waals surface area (Å²) in [4.78, 5) is 12.2. The maximum atomic E-state index is 13.0. The highest BCUT2D eigenvalue weighted by Gasteiger charge is 2.34. The van der Waals surface area contributed by atoms with E-state index >= 15 is 0 Å². The van der Waals surface area contributed by atoms with Gasteiger partial charge in [0.25, 0.3) is 0 Å². The molecule has 124 valence electrons. The summed E-state index contributed by atoms with van der Waals surface area (Å²) < 4.78 is 44.7. The van der Waals surface area contributed by atoms with E-state index in [1.165, 1.54) is 12.1 Å². The maximum Gasteiger partial charge on any atom is 0.418 e. The van der Waals surface area contributed by atoms with Crippen molar-refractivity contribution < 1.29 is 22.5 Å². The lowest BCUT2D eigenvalue weighted by Gasteiger charge is -2.17. The van der Waals surface area contributed by atoms with E-state index in [9.17, 15) is 18.0 Å². The quantitative estimate of drug-likeness (QED) is 0.655. The number of para-hydroxylation sites is 2. The molecule has 24 heavy (non-hydrogen) atoms. The van der Waals surface area contributed by atoms with Gasteiger partial charge in [0.2, 0.25) is 0 Å². The van der Waals surface area contributed by atoms with E-state index in [1.807, 2.05) is 0 Å². The Bertz CT molecular complexity index is 895. The lowest BCUT2D eigenvalue weighted by Crippen LogP contribution is -2.28. The standard InChI is InChI=1S/C15H10F3N3O2S/c16-15(17,18)10-6-2-3-7-11(10)19-14(22)21(24)13-9-5-1-4-8-12(9)23-20-13/h1-8,24H,(H,19,22). The van der Waals surface area contributed by atoms with Crippen LogP contribution < -0.4 is 9.62 Å². The first-order valence-electron chi connectivity index (χ1n) is 6.68. The Balaban J connectivity index is 1.88. The molecule has 0 radical (unpaired) electrons. The van der Waals surface area contributed by atoms with Crippen molar-refractivity contribution in [3.05, 3.63) is 54.1 Å². The largest absolute Gasteiger partial charge is 0.418 e. The van der Waals surface area contributed by atoms with Crippen LogP contribution in [0, 0.1) is 0 Å². The van der Waals surface area contributed by atoms with Crippen LogP contribution in [0.25, 0.3) is 11.0 Å². The Kier molecular flexibility index (Phi) is 4.10. The molecule has 0 aliphatic carbocycles. The lowest BCUT2D eigenvalue weighted by atomic mass is 10.1. The van der Waals surface area contributed by atoms with Crippen molar-refractivity contribution in [3.63, 3.8) is 0 Å². The molecule has 0 atom stereocenters. The summed E-state index contributed by atoms with van der Waals surface area (Å²) in [5.74, 6) is 0.0796. The number of alkyl halides is 3. The maximum absolute atomic E-state index is 13.0. The fourth-order valence-electron chi connectivity index (χ4n) is 2.13. The number of rotatable bonds is 2. The van der Waals surface area contributed by atoms with E-state index in [0.717, 1.165) is 16.4 Å². The molecule has 0 aliphatic heterocycles. The molecule has 0 saturated heterocycles. The number of carbonyl (C=O) groups is 1. The van der Waals surface area contributed by atoms with Crippen molar-refractivity contribution >= 4 is 41.3 Å². The van der Waals surface area contributed by atoms with Gasteiger partial charge in [-0.1, -0.05) is 42.2 Å². The first kappa shape index (κ1) is 16.2. The van der Waals surface area contributed by atoms with Crippen molar-refractivity contribution in [2.45, 2.75) is 6.18 Å². The number of thiol groups is 1. The number of aromatic nitrogens is 1. The summed E-state index contributed by atoms with van der Waals surface area (Å²) in [6.07, 6.45) is -4.59. The van der Waals surface area contributed by atoms with E-state index in [0.29, 0.717) is 11.0 Å². The second-order valence-corrected chi connectivity index (χ2v) is 5.19. The van der Waals surface area contributed by atoms with E-state index in [1.54, 1.807) is 24.3 Å². The first-order valence-corrected chi connectivity index (χ1v) is 7.08. The topological polar surface area (TPSA) is 58.4 Å². The minimum atomic E-state index is -4.59. The van der Waals surface area contributed by atoms with Gasteiger partial charge in [0, 0.05) is 0 Å². The van der Waals surface area contributed by atoms with Gasteiger partial charge in [-0.2, -0.15) is 13.2 Å². The van der Waals surface area contributed by atoms with Crippen molar-refractivity contribution in [2.75, 3.05) is 9.62 Å². The molecule has 0 bridgehead atoms. The summed E-state index contributed by atoms with van der Waals surface area (Å²) in [6.45, 7) is 0. The van der Waals surface area contributed by atoms with Gasteiger partial charge in [-0.25, -0.2) is 9.10 Å². The SMILES string of the molecule is O=C(Nc1ccccc1C(F)(F)F)N(S)c1noc2ccccc12. The molecule has 9 heteroatoms. The van der Waals surface area contributed by atoms with E-state index in [2.05, 4.69) is 23.3 Å². The van der Waals surface area contributed by atoms with Gasteiger partial charge in [-0.15, -0.1) is 0 Å². The van der Waals surface area contributed by atoms with Gasteiger partial charge in [0.05, 0.1) is 16.6 Å². The molecule has 1 N–H and O–H groups in total. The summed E-state index contributed by atoms with van der Waals surface area (Å²) >= 11 is 4.01. The number of amides is 2. The lowest BCUT2D eigenvalue weighted by molar-refractivity contribution is -0.136. The van der Waals surface area contributed by atoms with E-state index in [-0.39, 0.29) is 11.5 Å². The molecule has 0 fully saturated rings. The van der Waals surface area contributed by atoms with Crippen LogP contribution >= 0.6 is 12.8 Å². The molecule has 0 aliphatic rings. The minimum absolute atomic E-state index is 0.0796. The minimum Gasteiger partial charge on any atom is -0.354 e. The highest BCUT2D eigenvalue weighted by molar-refractivity contribution is 7.82. The Morgan fingerprint density at radius 1 is 1.12 bits per heavy atom. The molecule has 3 rings (SSSR count). The molecule has 0 spiro atoms. The molecule has 1 aromatic heterocycles. The molecule has 3 aromatic rings. The third-order valence-electron chi connectivity index (χ3n) is 3.23. The van der Waals surface area contributed by atoms with Crippen molar-refractivity contribution in [1.82, 2.24) is 5.16 Å². The Morgan fingerprint density at radius 3 is 2.54 bits per heavy atom. The predicted octanol–water partition coefficient (Wildman–Crippen LogP) is 4.73. The van der Waals surface area contributed by atoms with Crippen LogP contribution in [0.15, 0.2) is 53.1 Å². The summed E-state index contributed by atoms with van der Waals surface area (Å²) in [5, 5.41) is 6.41. The molecule has 1 heterocycles. The number of nitrogens with one attached hydrogen (secondary N) is 1. The molecule has 0 unspecified atom stereocenters. The summed E-state index contributed by atoms with van der Waals surface area (Å²) in [6, 6.07) is 10.5. The molecule has 0 saturated carbocycles. The highest BCUT2D eigenvalue weighted by atomic mass is 32.1. The Hall–Kier alpha value is -2.68. The van der Waals surface area contributed by atoms with Gasteiger partial charge in [0.1, 0.15) is 0 Å². The van der Waals surface area contributed by atoms with Crippen LogP contribution in [-0.4, -0.2) is 11.2 Å². The Morgan fingerprint density at radius 2 is 1.79 bits per heavy atom. The fourth-order valence-corrected chi connectivity index (χ4v) is 2.32. The molecule has 2 aromatic carbocycles.